The highest BCUT2D eigenvalue weighted by Crippen LogP contribution is 2.30. The van der Waals surface area contributed by atoms with Gasteiger partial charge in [-0.15, -0.1) is 0 Å². The van der Waals surface area contributed by atoms with Crippen molar-refractivity contribution in [2.24, 2.45) is 5.92 Å². The molecule has 2 rings (SSSR count). The summed E-state index contributed by atoms with van der Waals surface area (Å²) in [6.45, 7) is 6.29. The van der Waals surface area contributed by atoms with Gasteiger partial charge in [-0.3, -0.25) is 0 Å². The molecule has 0 radical (unpaired) electrons. The van der Waals surface area contributed by atoms with Crippen LogP contribution in [0.3, 0.4) is 0 Å². The molecule has 0 aromatic heterocycles. The Labute approximate surface area is 96.2 Å². The van der Waals surface area contributed by atoms with Gasteiger partial charge in [-0.05, 0) is 42.6 Å². The maximum atomic E-state index is 13.2. The third-order valence-corrected chi connectivity index (χ3v) is 2.91. The fraction of sp³-hybridized carbons (Fsp3) is 0.538. The Morgan fingerprint density at radius 1 is 1.50 bits per heavy atom. The fourth-order valence-electron chi connectivity index (χ4n) is 2.08. The zero-order valence-corrected chi connectivity index (χ0v) is 9.89. The van der Waals surface area contributed by atoms with Crippen LogP contribution in [0.4, 0.5) is 10.1 Å². The maximum absolute atomic E-state index is 13.2. The smallest absolute Gasteiger partial charge is 0.123 e. The van der Waals surface area contributed by atoms with Crippen LogP contribution in [0.1, 0.15) is 31.9 Å². The second kappa shape index (κ2) is 4.83. The monoisotopic (exact) mass is 222 g/mol. The van der Waals surface area contributed by atoms with Crippen LogP contribution in [0.15, 0.2) is 18.2 Å². The molecule has 1 heterocycles. The first kappa shape index (κ1) is 11.4. The van der Waals surface area contributed by atoms with Crippen LogP contribution < -0.4 is 10.6 Å². The topological polar surface area (TPSA) is 24.1 Å². The second-order valence-electron chi connectivity index (χ2n) is 4.80. The van der Waals surface area contributed by atoms with E-state index in [1.165, 1.54) is 6.07 Å². The third kappa shape index (κ3) is 2.53. The van der Waals surface area contributed by atoms with Gasteiger partial charge < -0.3 is 10.6 Å². The van der Waals surface area contributed by atoms with Crippen LogP contribution in [0.2, 0.25) is 0 Å². The van der Waals surface area contributed by atoms with Crippen molar-refractivity contribution in [1.29, 1.82) is 0 Å². The predicted molar refractivity (Wildman–Crippen MR) is 65.1 cm³/mol. The fourth-order valence-corrected chi connectivity index (χ4v) is 2.08. The van der Waals surface area contributed by atoms with E-state index in [1.54, 1.807) is 6.07 Å². The molecule has 1 atom stereocenters. The number of hydrogen-bond donors (Lipinski definition) is 2. The summed E-state index contributed by atoms with van der Waals surface area (Å²) in [5.41, 5.74) is 2.13. The number of halogens is 1. The summed E-state index contributed by atoms with van der Waals surface area (Å²) in [5.74, 6) is 0.464. The minimum absolute atomic E-state index is 0.154. The van der Waals surface area contributed by atoms with Crippen molar-refractivity contribution in [3.8, 4) is 0 Å². The molecule has 3 heteroatoms. The Morgan fingerprint density at radius 2 is 2.31 bits per heavy atom. The summed E-state index contributed by atoms with van der Waals surface area (Å²) >= 11 is 0. The summed E-state index contributed by atoms with van der Waals surface area (Å²) in [7, 11) is 0. The van der Waals surface area contributed by atoms with Gasteiger partial charge in [0.05, 0.1) is 0 Å². The van der Waals surface area contributed by atoms with Gasteiger partial charge >= 0.3 is 0 Å². The van der Waals surface area contributed by atoms with Crippen LogP contribution in [0, 0.1) is 11.7 Å². The van der Waals surface area contributed by atoms with Crippen LogP contribution in [0.5, 0.6) is 0 Å². The average Bonchev–Trinajstić information content (AvgIpc) is 2.26. The maximum Gasteiger partial charge on any atom is 0.123 e. The van der Waals surface area contributed by atoms with Crippen molar-refractivity contribution < 1.29 is 4.39 Å². The zero-order chi connectivity index (χ0) is 11.5. The second-order valence-corrected chi connectivity index (χ2v) is 4.80. The number of hydrogen-bond acceptors (Lipinski definition) is 2. The lowest BCUT2D eigenvalue weighted by Gasteiger charge is -2.28. The van der Waals surface area contributed by atoms with Crippen LogP contribution in [0.25, 0.3) is 0 Å². The van der Waals surface area contributed by atoms with E-state index in [2.05, 4.69) is 24.5 Å². The standard InChI is InChI=1S/C13H19FN2/c1-9(2)8-16-13-5-6-15-12-4-3-10(14)7-11(12)13/h3-4,7,9,13,15-16H,5-6,8H2,1-2H3. The van der Waals surface area contributed by atoms with Crippen LogP contribution >= 0.6 is 0 Å². The van der Waals surface area contributed by atoms with Gasteiger partial charge in [0, 0.05) is 18.3 Å². The quantitative estimate of drug-likeness (QED) is 0.821. The van der Waals surface area contributed by atoms with E-state index in [1.807, 2.05) is 6.07 Å². The summed E-state index contributed by atoms with van der Waals surface area (Å²) in [4.78, 5) is 0. The lowest BCUT2D eigenvalue weighted by atomic mass is 9.97. The summed E-state index contributed by atoms with van der Waals surface area (Å²) in [6.07, 6.45) is 1.02. The van der Waals surface area contributed by atoms with E-state index < -0.39 is 0 Å². The van der Waals surface area contributed by atoms with E-state index in [9.17, 15) is 4.39 Å². The number of fused-ring (bicyclic) bond motifs is 1. The van der Waals surface area contributed by atoms with Gasteiger partial charge in [0.1, 0.15) is 5.82 Å². The Bertz CT molecular complexity index is 363. The lowest BCUT2D eigenvalue weighted by Crippen LogP contribution is -2.30. The first-order valence-electron chi connectivity index (χ1n) is 5.93. The van der Waals surface area contributed by atoms with Crippen molar-refractivity contribution in [2.75, 3.05) is 18.4 Å². The highest BCUT2D eigenvalue weighted by atomic mass is 19.1. The number of nitrogens with one attached hydrogen (secondary N) is 2. The molecule has 88 valence electrons. The normalized spacial score (nSPS) is 19.4. The molecule has 0 saturated heterocycles. The van der Waals surface area contributed by atoms with E-state index in [0.29, 0.717) is 5.92 Å². The van der Waals surface area contributed by atoms with Gasteiger partial charge in [-0.1, -0.05) is 13.8 Å². The molecule has 0 aliphatic carbocycles. The molecule has 16 heavy (non-hydrogen) atoms. The minimum Gasteiger partial charge on any atom is -0.385 e. The first-order chi connectivity index (χ1) is 7.66. The molecule has 1 aliphatic heterocycles. The van der Waals surface area contributed by atoms with Crippen LogP contribution in [-0.2, 0) is 0 Å². The summed E-state index contributed by atoms with van der Waals surface area (Å²) in [6, 6.07) is 5.26. The van der Waals surface area contributed by atoms with E-state index in [0.717, 1.165) is 30.8 Å². The predicted octanol–water partition coefficient (Wildman–Crippen LogP) is 2.93. The molecule has 1 aromatic carbocycles. The van der Waals surface area contributed by atoms with Gasteiger partial charge in [-0.25, -0.2) is 4.39 Å². The molecule has 0 spiro atoms. The molecule has 0 bridgehead atoms. The summed E-state index contributed by atoms with van der Waals surface area (Å²) in [5, 5.41) is 6.80. The first-order valence-corrected chi connectivity index (χ1v) is 5.93. The third-order valence-electron chi connectivity index (χ3n) is 2.91. The van der Waals surface area contributed by atoms with Crippen molar-refractivity contribution in [3.63, 3.8) is 0 Å². The van der Waals surface area contributed by atoms with Crippen molar-refractivity contribution in [3.05, 3.63) is 29.6 Å². The van der Waals surface area contributed by atoms with Crippen molar-refractivity contribution >= 4 is 5.69 Å². The molecule has 1 aromatic rings. The van der Waals surface area contributed by atoms with Crippen molar-refractivity contribution in [1.82, 2.24) is 5.32 Å². The van der Waals surface area contributed by atoms with Gasteiger partial charge in [0.15, 0.2) is 0 Å². The highest BCUT2D eigenvalue weighted by Gasteiger charge is 2.19. The number of anilines is 1. The molecular formula is C13H19FN2. The van der Waals surface area contributed by atoms with Gasteiger partial charge in [-0.2, -0.15) is 0 Å². The zero-order valence-electron chi connectivity index (χ0n) is 9.89. The lowest BCUT2D eigenvalue weighted by molar-refractivity contribution is 0.452. The summed E-state index contributed by atoms with van der Waals surface area (Å²) < 4.78 is 13.2. The Balaban J connectivity index is 2.15. The molecule has 1 aliphatic rings. The SMILES string of the molecule is CC(C)CNC1CCNc2ccc(F)cc21. The van der Waals surface area contributed by atoms with E-state index in [-0.39, 0.29) is 11.9 Å². The largest absolute Gasteiger partial charge is 0.385 e. The van der Waals surface area contributed by atoms with Gasteiger partial charge in [0.25, 0.3) is 0 Å². The molecule has 0 fully saturated rings. The molecule has 2 nitrogen and oxygen atoms in total. The van der Waals surface area contributed by atoms with Crippen molar-refractivity contribution in [2.45, 2.75) is 26.3 Å². The Kier molecular flexibility index (Phi) is 3.44. The number of rotatable bonds is 3. The van der Waals surface area contributed by atoms with E-state index in [4.69, 9.17) is 0 Å². The van der Waals surface area contributed by atoms with Gasteiger partial charge in [0.2, 0.25) is 0 Å². The molecule has 0 saturated carbocycles. The molecule has 2 N–H and O–H groups in total. The number of benzene rings is 1. The molecule has 1 unspecified atom stereocenters. The van der Waals surface area contributed by atoms with Crippen LogP contribution in [-0.4, -0.2) is 13.1 Å². The Hall–Kier alpha value is -1.09. The molecule has 0 amide bonds. The van der Waals surface area contributed by atoms with E-state index >= 15 is 0 Å². The molecular weight excluding hydrogens is 203 g/mol. The minimum atomic E-state index is -0.154. The average molecular weight is 222 g/mol. The Morgan fingerprint density at radius 3 is 3.06 bits per heavy atom. The highest BCUT2D eigenvalue weighted by molar-refractivity contribution is 5.54.